The average molecular weight is 409 g/mol. The highest BCUT2D eigenvalue weighted by Gasteiger charge is 2.44. The van der Waals surface area contributed by atoms with Crippen LogP contribution in [0.4, 0.5) is 0 Å². The lowest BCUT2D eigenvalue weighted by Gasteiger charge is -2.52. The minimum atomic E-state index is -0.0556. The van der Waals surface area contributed by atoms with E-state index in [1.165, 1.54) is 0 Å². The molecule has 2 saturated heterocycles. The fourth-order valence-corrected chi connectivity index (χ4v) is 6.09. The fourth-order valence-electron chi connectivity index (χ4n) is 6.09. The molecule has 0 unspecified atom stereocenters. The van der Waals surface area contributed by atoms with Gasteiger partial charge >= 0.3 is 0 Å². The molecule has 2 aliphatic rings. The van der Waals surface area contributed by atoms with E-state index in [9.17, 15) is 9.59 Å². The maximum Gasteiger partial charge on any atom is 0.221 e. The molecule has 0 aromatic heterocycles. The van der Waals surface area contributed by atoms with Gasteiger partial charge in [0.25, 0.3) is 0 Å². The molecule has 2 fully saturated rings. The van der Waals surface area contributed by atoms with E-state index in [2.05, 4.69) is 66.0 Å². The van der Waals surface area contributed by atoms with Crippen molar-refractivity contribution in [2.24, 2.45) is 0 Å². The molecular weight excluding hydrogens is 364 g/mol. The summed E-state index contributed by atoms with van der Waals surface area (Å²) in [6.07, 6.45) is 3.52. The minimum absolute atomic E-state index is 0.0437. The van der Waals surface area contributed by atoms with Gasteiger partial charge in [0, 0.05) is 48.1 Å². The monoisotopic (exact) mass is 408 g/mol. The van der Waals surface area contributed by atoms with Crippen LogP contribution >= 0.6 is 0 Å². The molecule has 0 atom stereocenters. The molecule has 0 aromatic rings. The first kappa shape index (κ1) is 24.1. The van der Waals surface area contributed by atoms with E-state index in [0.717, 1.165) is 25.7 Å². The van der Waals surface area contributed by atoms with Gasteiger partial charge < -0.3 is 20.4 Å². The molecule has 29 heavy (non-hydrogen) atoms. The van der Waals surface area contributed by atoms with E-state index >= 15 is 0 Å². The summed E-state index contributed by atoms with van der Waals surface area (Å²) in [4.78, 5) is 29.3. The Bertz CT molecular complexity index is 553. The van der Waals surface area contributed by atoms with Crippen molar-refractivity contribution < 1.29 is 9.59 Å². The lowest BCUT2D eigenvalue weighted by Crippen LogP contribution is -2.66. The summed E-state index contributed by atoms with van der Waals surface area (Å²) in [6, 6.07) is 0.228. The maximum atomic E-state index is 12.7. The summed E-state index contributed by atoms with van der Waals surface area (Å²) in [7, 11) is 0. The average Bonchev–Trinajstić information content (AvgIpc) is 2.39. The number of carbonyl (C=O) groups is 2. The highest BCUT2D eigenvalue weighted by molar-refractivity contribution is 5.76. The summed E-state index contributed by atoms with van der Waals surface area (Å²) in [5.41, 5.74) is -0.223. The molecular formula is C23H44N4O2. The van der Waals surface area contributed by atoms with Crippen molar-refractivity contribution in [3.8, 4) is 0 Å². The zero-order chi connectivity index (χ0) is 22.4. The summed E-state index contributed by atoms with van der Waals surface area (Å²) >= 11 is 0. The van der Waals surface area contributed by atoms with Crippen LogP contribution < -0.4 is 10.6 Å². The van der Waals surface area contributed by atoms with Gasteiger partial charge in [0.2, 0.25) is 11.8 Å². The first-order valence-corrected chi connectivity index (χ1v) is 11.1. The van der Waals surface area contributed by atoms with Crippen molar-refractivity contribution in [1.29, 1.82) is 0 Å². The van der Waals surface area contributed by atoms with Crippen molar-refractivity contribution in [2.45, 2.75) is 129 Å². The predicted molar refractivity (Wildman–Crippen MR) is 119 cm³/mol. The van der Waals surface area contributed by atoms with Gasteiger partial charge in [-0.15, -0.1) is 0 Å². The van der Waals surface area contributed by atoms with Gasteiger partial charge in [-0.05, 0) is 81.1 Å². The molecule has 2 aliphatic heterocycles. The highest BCUT2D eigenvalue weighted by Crippen LogP contribution is 2.34. The van der Waals surface area contributed by atoms with Gasteiger partial charge in [0.1, 0.15) is 0 Å². The lowest BCUT2D eigenvalue weighted by molar-refractivity contribution is -0.144. The van der Waals surface area contributed by atoms with Gasteiger partial charge in [-0.3, -0.25) is 9.59 Å². The second-order valence-electron chi connectivity index (χ2n) is 12.0. The predicted octanol–water partition coefficient (Wildman–Crippen LogP) is 3.26. The molecule has 2 heterocycles. The van der Waals surface area contributed by atoms with Crippen molar-refractivity contribution in [3.63, 3.8) is 0 Å². The second-order valence-corrected chi connectivity index (χ2v) is 12.0. The molecule has 0 saturated carbocycles. The molecule has 2 rings (SSSR count). The molecule has 2 N–H and O–H groups in total. The molecule has 0 radical (unpaired) electrons. The Morgan fingerprint density at radius 3 is 1.10 bits per heavy atom. The summed E-state index contributed by atoms with van der Waals surface area (Å²) < 4.78 is 0. The molecule has 0 bridgehead atoms. The number of rotatable bonds is 4. The van der Waals surface area contributed by atoms with Crippen LogP contribution in [-0.4, -0.2) is 62.5 Å². The molecule has 0 aromatic carbocycles. The molecule has 2 amide bonds. The molecule has 168 valence electrons. The third-order valence-corrected chi connectivity index (χ3v) is 6.33. The number of nitrogens with one attached hydrogen (secondary N) is 2. The third-order valence-electron chi connectivity index (χ3n) is 6.33. The van der Waals surface area contributed by atoms with Crippen LogP contribution in [0, 0.1) is 0 Å². The Hall–Kier alpha value is -1.14. The molecule has 0 aliphatic carbocycles. The van der Waals surface area contributed by atoms with Gasteiger partial charge in [-0.1, -0.05) is 0 Å². The van der Waals surface area contributed by atoms with Crippen LogP contribution in [0.5, 0.6) is 0 Å². The van der Waals surface area contributed by atoms with Crippen molar-refractivity contribution in [2.75, 3.05) is 6.67 Å². The number of amides is 2. The van der Waals surface area contributed by atoms with Gasteiger partial charge in [0.15, 0.2) is 0 Å². The molecule has 6 nitrogen and oxygen atoms in total. The van der Waals surface area contributed by atoms with Gasteiger partial charge in [0.05, 0.1) is 6.67 Å². The minimum Gasteiger partial charge on any atom is -0.322 e. The lowest BCUT2D eigenvalue weighted by atomic mass is 9.78. The van der Waals surface area contributed by atoms with E-state index in [4.69, 9.17) is 0 Å². The fraction of sp³-hybridized carbons (Fsp3) is 0.913. The Kier molecular flexibility index (Phi) is 6.53. The maximum absolute atomic E-state index is 12.7. The van der Waals surface area contributed by atoms with Crippen LogP contribution in [0.15, 0.2) is 0 Å². The van der Waals surface area contributed by atoms with Crippen molar-refractivity contribution in [1.82, 2.24) is 20.4 Å². The summed E-state index contributed by atoms with van der Waals surface area (Å²) in [5.74, 6) is 0.0874. The summed E-state index contributed by atoms with van der Waals surface area (Å²) in [6.45, 7) is 21.2. The van der Waals surface area contributed by atoms with Crippen LogP contribution in [0.25, 0.3) is 0 Å². The van der Waals surface area contributed by atoms with Crippen LogP contribution in [0.1, 0.15) is 94.9 Å². The summed E-state index contributed by atoms with van der Waals surface area (Å²) in [5, 5.41) is 7.38. The van der Waals surface area contributed by atoms with Crippen LogP contribution in [-0.2, 0) is 9.59 Å². The van der Waals surface area contributed by atoms with E-state index in [1.54, 1.807) is 13.8 Å². The number of nitrogens with zero attached hydrogens (tertiary/aromatic N) is 2. The molecule has 6 heteroatoms. The van der Waals surface area contributed by atoms with Gasteiger partial charge in [-0.25, -0.2) is 0 Å². The number of hydrogen-bond donors (Lipinski definition) is 2. The first-order valence-electron chi connectivity index (χ1n) is 11.1. The Morgan fingerprint density at radius 2 is 0.897 bits per heavy atom. The standard InChI is InChI=1S/C23H44N4O2/c1-16(28)26(18-11-20(3,4)24-21(5,6)12-18)15-27(17(2)29)19-13-22(7,8)25-23(9,10)14-19/h18-19,24-25H,11-15H2,1-10H3. The normalized spacial score (nSPS) is 26.0. The topological polar surface area (TPSA) is 64.7 Å². The Labute approximate surface area is 178 Å². The van der Waals surface area contributed by atoms with E-state index < -0.39 is 0 Å². The number of carbonyl (C=O) groups excluding carboxylic acids is 2. The zero-order valence-corrected chi connectivity index (χ0v) is 20.4. The SMILES string of the molecule is CC(=O)N(CN(C(C)=O)C1CC(C)(C)NC(C)(C)C1)C1CC(C)(C)NC(C)(C)C1. The number of hydrogen-bond acceptors (Lipinski definition) is 4. The number of piperidine rings is 2. The Balaban J connectivity index is 2.28. The van der Waals surface area contributed by atoms with Crippen LogP contribution in [0.3, 0.4) is 0 Å². The third kappa shape index (κ3) is 6.42. The zero-order valence-electron chi connectivity index (χ0n) is 20.4. The van der Waals surface area contributed by atoms with Crippen molar-refractivity contribution >= 4 is 11.8 Å². The largest absolute Gasteiger partial charge is 0.322 e. The second kappa shape index (κ2) is 7.84. The van der Waals surface area contributed by atoms with Crippen molar-refractivity contribution in [3.05, 3.63) is 0 Å². The van der Waals surface area contributed by atoms with Gasteiger partial charge in [-0.2, -0.15) is 0 Å². The Morgan fingerprint density at radius 1 is 0.655 bits per heavy atom. The smallest absolute Gasteiger partial charge is 0.221 e. The molecule has 0 spiro atoms. The van der Waals surface area contributed by atoms with E-state index in [1.807, 2.05) is 9.80 Å². The van der Waals surface area contributed by atoms with Crippen LogP contribution in [0.2, 0.25) is 0 Å². The quantitative estimate of drug-likeness (QED) is 0.701. The first-order chi connectivity index (χ1) is 12.9. The highest BCUT2D eigenvalue weighted by atomic mass is 16.2. The van der Waals surface area contributed by atoms with E-state index in [0.29, 0.717) is 6.67 Å². The van der Waals surface area contributed by atoms with E-state index in [-0.39, 0.29) is 46.1 Å².